The Morgan fingerprint density at radius 2 is 1.87 bits per heavy atom. The molecule has 0 bridgehead atoms. The third-order valence-corrected chi connectivity index (χ3v) is 4.75. The highest BCUT2D eigenvalue weighted by Gasteiger charge is 2.43. The van der Waals surface area contributed by atoms with Crippen molar-refractivity contribution in [2.24, 2.45) is 11.8 Å². The summed E-state index contributed by atoms with van der Waals surface area (Å²) in [6.07, 6.45) is 2.03. The Morgan fingerprint density at radius 3 is 2.30 bits per heavy atom. The number of hydrogen-bond acceptors (Lipinski definition) is 3. The molecule has 1 aliphatic rings. The predicted molar refractivity (Wildman–Crippen MR) is 87.4 cm³/mol. The first-order valence-electron chi connectivity index (χ1n) is 8.14. The molecule has 1 fully saturated rings. The maximum absolute atomic E-state index is 12.6. The molecule has 0 aliphatic heterocycles. The number of rotatable bonds is 7. The van der Waals surface area contributed by atoms with Gasteiger partial charge < -0.3 is 14.7 Å². The van der Waals surface area contributed by atoms with Crippen LogP contribution in [-0.4, -0.2) is 41.6 Å². The van der Waals surface area contributed by atoms with E-state index in [0.717, 1.165) is 17.7 Å². The van der Waals surface area contributed by atoms with Crippen LogP contribution < -0.4 is 4.74 Å². The molecule has 5 nitrogen and oxygen atoms in total. The summed E-state index contributed by atoms with van der Waals surface area (Å²) in [5.74, 6) is -0.931. The van der Waals surface area contributed by atoms with E-state index in [9.17, 15) is 9.59 Å². The first-order valence-corrected chi connectivity index (χ1v) is 8.14. The number of likely N-dealkylation sites (N-methyl/N-ethyl adjacent to an activating group) is 1. The topological polar surface area (TPSA) is 66.8 Å². The summed E-state index contributed by atoms with van der Waals surface area (Å²) < 4.78 is 5.15. The van der Waals surface area contributed by atoms with Crippen LogP contribution in [0.15, 0.2) is 24.3 Å². The van der Waals surface area contributed by atoms with E-state index in [0.29, 0.717) is 19.4 Å². The number of carbonyl (C=O) groups is 2. The zero-order valence-electron chi connectivity index (χ0n) is 14.0. The summed E-state index contributed by atoms with van der Waals surface area (Å²) in [4.78, 5) is 25.6. The third kappa shape index (κ3) is 3.84. The highest BCUT2D eigenvalue weighted by Crippen LogP contribution is 2.36. The molecule has 0 heterocycles. The summed E-state index contributed by atoms with van der Waals surface area (Å²) in [6, 6.07) is 7.85. The van der Waals surface area contributed by atoms with Crippen molar-refractivity contribution in [2.45, 2.75) is 39.2 Å². The average Bonchev–Trinajstić information content (AvgIpc) is 2.47. The molecule has 0 spiro atoms. The smallest absolute Gasteiger partial charge is 0.307 e. The maximum Gasteiger partial charge on any atom is 0.307 e. The Balaban J connectivity index is 2.01. The van der Waals surface area contributed by atoms with Crippen LogP contribution in [0.5, 0.6) is 5.75 Å². The minimum atomic E-state index is -0.853. The number of carboxylic acid groups (broad SMARTS) is 1. The van der Waals surface area contributed by atoms with Gasteiger partial charge >= 0.3 is 5.97 Å². The molecule has 2 rings (SSSR count). The molecule has 1 saturated carbocycles. The molecule has 23 heavy (non-hydrogen) atoms. The van der Waals surface area contributed by atoms with E-state index < -0.39 is 11.9 Å². The molecule has 3 unspecified atom stereocenters. The van der Waals surface area contributed by atoms with Gasteiger partial charge in [0.15, 0.2) is 0 Å². The van der Waals surface area contributed by atoms with Gasteiger partial charge in [-0.05, 0) is 50.8 Å². The van der Waals surface area contributed by atoms with Crippen molar-refractivity contribution >= 4 is 11.9 Å². The second-order valence-corrected chi connectivity index (χ2v) is 6.15. The van der Waals surface area contributed by atoms with Crippen LogP contribution in [0, 0.1) is 11.8 Å². The highest BCUT2D eigenvalue weighted by molar-refractivity contribution is 5.86. The lowest BCUT2D eigenvalue weighted by molar-refractivity contribution is -0.157. The van der Waals surface area contributed by atoms with Gasteiger partial charge in [-0.2, -0.15) is 0 Å². The molecule has 3 atom stereocenters. The Hall–Kier alpha value is -2.04. The van der Waals surface area contributed by atoms with Crippen molar-refractivity contribution in [1.82, 2.24) is 4.90 Å². The van der Waals surface area contributed by atoms with E-state index in [4.69, 9.17) is 9.84 Å². The first kappa shape index (κ1) is 17.3. The lowest BCUT2D eigenvalue weighted by atomic mass is 9.72. The summed E-state index contributed by atoms with van der Waals surface area (Å²) in [7, 11) is 1.63. The lowest BCUT2D eigenvalue weighted by Gasteiger charge is -2.38. The van der Waals surface area contributed by atoms with Crippen molar-refractivity contribution in [2.75, 3.05) is 13.7 Å². The number of amides is 1. The standard InChI is InChI=1S/C18H25NO4/c1-4-19(17(20)15-9-10-16(15)18(21)22)12(2)11-13-5-7-14(23-3)8-6-13/h5-8,12,15-16H,4,9-11H2,1-3H3,(H,21,22). The van der Waals surface area contributed by atoms with Crippen LogP contribution in [0.3, 0.4) is 0 Å². The molecular formula is C18H25NO4. The summed E-state index contributed by atoms with van der Waals surface area (Å²) in [5, 5.41) is 9.15. The second-order valence-electron chi connectivity index (χ2n) is 6.15. The van der Waals surface area contributed by atoms with Crippen molar-refractivity contribution in [3.05, 3.63) is 29.8 Å². The van der Waals surface area contributed by atoms with Crippen LogP contribution >= 0.6 is 0 Å². The molecular weight excluding hydrogens is 294 g/mol. The van der Waals surface area contributed by atoms with Gasteiger partial charge in [0.1, 0.15) is 5.75 Å². The van der Waals surface area contributed by atoms with Gasteiger partial charge in [0.25, 0.3) is 0 Å². The lowest BCUT2D eigenvalue weighted by Crippen LogP contribution is -2.49. The van der Waals surface area contributed by atoms with Gasteiger partial charge in [-0.3, -0.25) is 9.59 Å². The predicted octanol–water partition coefficient (Wildman–Crippen LogP) is 2.59. The molecule has 1 amide bonds. The Bertz CT molecular complexity index is 555. The number of nitrogens with zero attached hydrogens (tertiary/aromatic N) is 1. The number of carbonyl (C=O) groups excluding carboxylic acids is 1. The molecule has 5 heteroatoms. The number of aliphatic carboxylic acids is 1. The average molecular weight is 319 g/mol. The summed E-state index contributed by atoms with van der Waals surface area (Å²) in [6.45, 7) is 4.55. The minimum absolute atomic E-state index is 0.0211. The highest BCUT2D eigenvalue weighted by atomic mass is 16.5. The van der Waals surface area contributed by atoms with Crippen molar-refractivity contribution in [1.29, 1.82) is 0 Å². The van der Waals surface area contributed by atoms with Crippen LogP contribution in [0.2, 0.25) is 0 Å². The fraction of sp³-hybridized carbons (Fsp3) is 0.556. The van der Waals surface area contributed by atoms with E-state index in [2.05, 4.69) is 0 Å². The quantitative estimate of drug-likeness (QED) is 0.839. The van der Waals surface area contributed by atoms with E-state index in [1.807, 2.05) is 43.0 Å². The van der Waals surface area contributed by atoms with Gasteiger partial charge in [-0.25, -0.2) is 0 Å². The zero-order chi connectivity index (χ0) is 17.0. The third-order valence-electron chi connectivity index (χ3n) is 4.75. The number of benzene rings is 1. The maximum atomic E-state index is 12.6. The van der Waals surface area contributed by atoms with Gasteiger partial charge in [-0.15, -0.1) is 0 Å². The summed E-state index contributed by atoms with van der Waals surface area (Å²) >= 11 is 0. The largest absolute Gasteiger partial charge is 0.497 e. The van der Waals surface area contributed by atoms with E-state index in [1.165, 1.54) is 0 Å². The van der Waals surface area contributed by atoms with E-state index >= 15 is 0 Å². The van der Waals surface area contributed by atoms with E-state index in [-0.39, 0.29) is 17.9 Å². The Labute approximate surface area is 137 Å². The van der Waals surface area contributed by atoms with Crippen LogP contribution in [0.4, 0.5) is 0 Å². The van der Waals surface area contributed by atoms with Gasteiger partial charge in [0.2, 0.25) is 5.91 Å². The number of methoxy groups -OCH3 is 1. The van der Waals surface area contributed by atoms with Crippen LogP contribution in [0.25, 0.3) is 0 Å². The normalized spacial score (nSPS) is 21.2. The van der Waals surface area contributed by atoms with Gasteiger partial charge in [-0.1, -0.05) is 12.1 Å². The van der Waals surface area contributed by atoms with Crippen LogP contribution in [-0.2, 0) is 16.0 Å². The molecule has 1 aromatic rings. The Kier molecular flexibility index (Phi) is 5.64. The number of ether oxygens (including phenoxy) is 1. The van der Waals surface area contributed by atoms with Crippen LogP contribution in [0.1, 0.15) is 32.3 Å². The molecule has 1 N–H and O–H groups in total. The van der Waals surface area contributed by atoms with Crippen molar-refractivity contribution in [3.63, 3.8) is 0 Å². The van der Waals surface area contributed by atoms with Gasteiger partial charge in [0, 0.05) is 12.6 Å². The molecule has 0 radical (unpaired) electrons. The molecule has 0 aromatic heterocycles. The zero-order valence-corrected chi connectivity index (χ0v) is 14.0. The number of hydrogen-bond donors (Lipinski definition) is 1. The molecule has 1 aromatic carbocycles. The second kappa shape index (κ2) is 7.49. The fourth-order valence-corrected chi connectivity index (χ4v) is 3.20. The molecule has 1 aliphatic carbocycles. The first-order chi connectivity index (χ1) is 11.0. The number of carboxylic acids is 1. The van der Waals surface area contributed by atoms with E-state index in [1.54, 1.807) is 7.11 Å². The van der Waals surface area contributed by atoms with Crippen molar-refractivity contribution < 1.29 is 19.4 Å². The molecule has 126 valence electrons. The fourth-order valence-electron chi connectivity index (χ4n) is 3.20. The summed E-state index contributed by atoms with van der Waals surface area (Å²) in [5.41, 5.74) is 1.13. The van der Waals surface area contributed by atoms with Gasteiger partial charge in [0.05, 0.1) is 18.9 Å². The molecule has 0 saturated heterocycles. The monoisotopic (exact) mass is 319 g/mol. The minimum Gasteiger partial charge on any atom is -0.497 e. The Morgan fingerprint density at radius 1 is 1.26 bits per heavy atom. The van der Waals surface area contributed by atoms with Crippen molar-refractivity contribution in [3.8, 4) is 5.75 Å². The SMILES string of the molecule is CCN(C(=O)C1CCC1C(=O)O)C(C)Cc1ccc(OC)cc1.